The summed E-state index contributed by atoms with van der Waals surface area (Å²) in [7, 11) is 0. The predicted molar refractivity (Wildman–Crippen MR) is 34.8 cm³/mol. The Hall–Kier alpha value is -0.0800. The Morgan fingerprint density at radius 1 is 1.56 bits per heavy atom. The summed E-state index contributed by atoms with van der Waals surface area (Å²) in [6.45, 7) is 0.343. The lowest BCUT2D eigenvalue weighted by Crippen LogP contribution is -2.22. The van der Waals surface area contributed by atoms with Crippen molar-refractivity contribution in [2.75, 3.05) is 6.61 Å². The number of fused-ring (bicyclic) bond motifs is 1. The molecule has 0 amide bonds. The Balaban J connectivity index is 1.98. The number of hydrogen-bond donors (Lipinski definition) is 2. The van der Waals surface area contributed by atoms with Gasteiger partial charge in [0.15, 0.2) is 0 Å². The Bertz CT molecular complexity index is 137. The monoisotopic (exact) mass is 127 g/mol. The van der Waals surface area contributed by atoms with Crippen LogP contribution in [-0.2, 0) is 0 Å². The highest BCUT2D eigenvalue weighted by atomic mass is 16.3. The van der Waals surface area contributed by atoms with E-state index in [4.69, 9.17) is 10.8 Å². The standard InChI is InChI=1S/C7H13NO/c8-7-2-5(4-9)1-6(7)3-7/h5-6,9H,1-4,8H2/t5-,6+,7+/m1/s1. The summed E-state index contributed by atoms with van der Waals surface area (Å²) < 4.78 is 0. The van der Waals surface area contributed by atoms with E-state index in [1.54, 1.807) is 0 Å². The highest BCUT2D eigenvalue weighted by molar-refractivity contribution is 5.13. The van der Waals surface area contributed by atoms with Crippen molar-refractivity contribution in [3.05, 3.63) is 0 Å². The van der Waals surface area contributed by atoms with E-state index in [1.807, 2.05) is 0 Å². The molecular weight excluding hydrogens is 114 g/mol. The third-order valence-electron chi connectivity index (χ3n) is 2.82. The van der Waals surface area contributed by atoms with E-state index in [2.05, 4.69) is 0 Å². The zero-order valence-electron chi connectivity index (χ0n) is 5.51. The van der Waals surface area contributed by atoms with Crippen molar-refractivity contribution >= 4 is 0 Å². The molecule has 0 radical (unpaired) electrons. The average Bonchev–Trinajstić information content (AvgIpc) is 2.33. The molecule has 0 bridgehead atoms. The zero-order valence-corrected chi connectivity index (χ0v) is 5.51. The van der Waals surface area contributed by atoms with Crippen LogP contribution >= 0.6 is 0 Å². The molecular formula is C7H13NO. The Morgan fingerprint density at radius 3 is 2.67 bits per heavy atom. The van der Waals surface area contributed by atoms with Crippen LogP contribution in [0.3, 0.4) is 0 Å². The molecule has 0 aromatic rings. The maximum Gasteiger partial charge on any atom is 0.0460 e. The number of aliphatic hydroxyl groups is 1. The molecule has 0 aliphatic heterocycles. The molecule has 3 N–H and O–H groups in total. The zero-order chi connectivity index (χ0) is 6.48. The van der Waals surface area contributed by atoms with Gasteiger partial charge in [0.1, 0.15) is 0 Å². The highest BCUT2D eigenvalue weighted by Crippen LogP contribution is 2.55. The van der Waals surface area contributed by atoms with Gasteiger partial charge in [-0.15, -0.1) is 0 Å². The van der Waals surface area contributed by atoms with Gasteiger partial charge in [-0.25, -0.2) is 0 Å². The fraction of sp³-hybridized carbons (Fsp3) is 1.00. The highest BCUT2D eigenvalue weighted by Gasteiger charge is 2.56. The van der Waals surface area contributed by atoms with Gasteiger partial charge in [0.25, 0.3) is 0 Å². The molecule has 9 heavy (non-hydrogen) atoms. The Kier molecular flexibility index (Phi) is 0.945. The van der Waals surface area contributed by atoms with Crippen LogP contribution in [0.4, 0.5) is 0 Å². The van der Waals surface area contributed by atoms with Crippen molar-refractivity contribution < 1.29 is 5.11 Å². The number of aliphatic hydroxyl groups excluding tert-OH is 1. The van der Waals surface area contributed by atoms with Gasteiger partial charge in [0.05, 0.1) is 0 Å². The summed E-state index contributed by atoms with van der Waals surface area (Å²) in [6.07, 6.45) is 3.45. The third kappa shape index (κ3) is 0.700. The number of rotatable bonds is 1. The fourth-order valence-corrected chi connectivity index (χ4v) is 2.13. The molecule has 52 valence electrons. The van der Waals surface area contributed by atoms with Gasteiger partial charge >= 0.3 is 0 Å². The summed E-state index contributed by atoms with van der Waals surface area (Å²) in [5.74, 6) is 1.28. The molecule has 2 aliphatic rings. The van der Waals surface area contributed by atoms with Crippen molar-refractivity contribution in [3.8, 4) is 0 Å². The molecule has 2 saturated carbocycles. The summed E-state index contributed by atoms with van der Waals surface area (Å²) in [5.41, 5.74) is 6.08. The average molecular weight is 127 g/mol. The maximum absolute atomic E-state index is 8.76. The maximum atomic E-state index is 8.76. The van der Waals surface area contributed by atoms with Crippen LogP contribution in [0.1, 0.15) is 19.3 Å². The van der Waals surface area contributed by atoms with E-state index in [1.165, 1.54) is 12.8 Å². The molecule has 0 spiro atoms. The second-order valence-electron chi connectivity index (χ2n) is 3.62. The Morgan fingerprint density at radius 2 is 2.33 bits per heavy atom. The predicted octanol–water partition coefficient (Wildman–Crippen LogP) is 0.106. The van der Waals surface area contributed by atoms with Gasteiger partial charge < -0.3 is 10.8 Å². The van der Waals surface area contributed by atoms with Crippen molar-refractivity contribution in [1.29, 1.82) is 0 Å². The van der Waals surface area contributed by atoms with Crippen LogP contribution < -0.4 is 5.73 Å². The molecule has 0 heterocycles. The summed E-state index contributed by atoms with van der Waals surface area (Å²) >= 11 is 0. The van der Waals surface area contributed by atoms with Gasteiger partial charge in [0.2, 0.25) is 0 Å². The second-order valence-corrected chi connectivity index (χ2v) is 3.62. The molecule has 0 unspecified atom stereocenters. The molecule has 2 aliphatic carbocycles. The first kappa shape index (κ1) is 5.69. The van der Waals surface area contributed by atoms with Crippen LogP contribution in [-0.4, -0.2) is 17.3 Å². The van der Waals surface area contributed by atoms with Gasteiger partial charge in [0, 0.05) is 12.1 Å². The van der Waals surface area contributed by atoms with E-state index < -0.39 is 0 Å². The minimum Gasteiger partial charge on any atom is -0.396 e. The Labute approximate surface area is 55.1 Å². The summed E-state index contributed by atoms with van der Waals surface area (Å²) in [6, 6.07) is 0. The molecule has 2 heteroatoms. The van der Waals surface area contributed by atoms with Gasteiger partial charge in [-0.2, -0.15) is 0 Å². The van der Waals surface area contributed by atoms with Gasteiger partial charge in [-0.1, -0.05) is 0 Å². The van der Waals surface area contributed by atoms with Crippen molar-refractivity contribution in [3.63, 3.8) is 0 Å². The van der Waals surface area contributed by atoms with E-state index >= 15 is 0 Å². The lowest BCUT2D eigenvalue weighted by Gasteiger charge is -2.08. The van der Waals surface area contributed by atoms with E-state index in [-0.39, 0.29) is 5.54 Å². The van der Waals surface area contributed by atoms with E-state index in [0.29, 0.717) is 12.5 Å². The molecule has 2 rings (SSSR count). The minimum atomic E-state index is 0.174. The lowest BCUT2D eigenvalue weighted by atomic mass is 10.0. The quantitative estimate of drug-likeness (QED) is 0.525. The van der Waals surface area contributed by atoms with Gasteiger partial charge in [-0.05, 0) is 31.1 Å². The lowest BCUT2D eigenvalue weighted by molar-refractivity contribution is 0.218. The first-order chi connectivity index (χ1) is 4.24. The molecule has 3 atom stereocenters. The number of nitrogens with two attached hydrogens (primary N) is 1. The SMILES string of the molecule is N[C@]12C[C@H](CO)C[C@H]1C2. The van der Waals surface area contributed by atoms with Crippen molar-refractivity contribution in [2.24, 2.45) is 17.6 Å². The first-order valence-corrected chi connectivity index (χ1v) is 3.64. The third-order valence-corrected chi connectivity index (χ3v) is 2.82. The van der Waals surface area contributed by atoms with E-state index in [9.17, 15) is 0 Å². The first-order valence-electron chi connectivity index (χ1n) is 3.64. The molecule has 0 aromatic carbocycles. The molecule has 0 saturated heterocycles. The van der Waals surface area contributed by atoms with Crippen LogP contribution in [0.25, 0.3) is 0 Å². The fourth-order valence-electron chi connectivity index (χ4n) is 2.13. The summed E-state index contributed by atoms with van der Waals surface area (Å²) in [4.78, 5) is 0. The van der Waals surface area contributed by atoms with Crippen LogP contribution in [0, 0.1) is 11.8 Å². The van der Waals surface area contributed by atoms with Gasteiger partial charge in [-0.3, -0.25) is 0 Å². The van der Waals surface area contributed by atoms with Crippen LogP contribution in [0.2, 0.25) is 0 Å². The van der Waals surface area contributed by atoms with Crippen molar-refractivity contribution in [2.45, 2.75) is 24.8 Å². The topological polar surface area (TPSA) is 46.2 Å². The molecule has 2 fully saturated rings. The van der Waals surface area contributed by atoms with Crippen LogP contribution in [0.5, 0.6) is 0 Å². The van der Waals surface area contributed by atoms with E-state index in [0.717, 1.165) is 12.3 Å². The molecule has 0 aromatic heterocycles. The van der Waals surface area contributed by atoms with Crippen LogP contribution in [0.15, 0.2) is 0 Å². The number of hydrogen-bond acceptors (Lipinski definition) is 2. The summed E-state index contributed by atoms with van der Waals surface area (Å²) in [5, 5.41) is 8.76. The smallest absolute Gasteiger partial charge is 0.0460 e. The molecule has 2 nitrogen and oxygen atoms in total. The van der Waals surface area contributed by atoms with Crippen molar-refractivity contribution in [1.82, 2.24) is 0 Å². The second kappa shape index (κ2) is 1.50. The largest absolute Gasteiger partial charge is 0.396 e. The minimum absolute atomic E-state index is 0.174. The normalized spacial score (nSPS) is 55.3.